The van der Waals surface area contributed by atoms with Crippen LogP contribution in [0.5, 0.6) is 5.75 Å². The molecule has 104 valence electrons. The number of halogens is 1. The maximum absolute atomic E-state index is 9.68. The molecule has 1 unspecified atom stereocenters. The molecule has 2 aromatic carbocycles. The Hall–Kier alpha value is -1.51. The minimum atomic E-state index is 0.310. The van der Waals surface area contributed by atoms with Crippen molar-refractivity contribution < 1.29 is 5.11 Å². The van der Waals surface area contributed by atoms with Gasteiger partial charge in [-0.2, -0.15) is 0 Å². The zero-order valence-electron chi connectivity index (χ0n) is 11.3. The number of hydrogen-bond donors (Lipinski definition) is 2. The van der Waals surface area contributed by atoms with Crippen LogP contribution in [0.1, 0.15) is 35.6 Å². The van der Waals surface area contributed by atoms with Crippen LogP contribution < -0.4 is 5.32 Å². The molecule has 1 aliphatic rings. The molecule has 1 aliphatic carbocycles. The molecule has 0 spiro atoms. The number of nitrogens with one attached hydrogen (secondary N) is 1. The van der Waals surface area contributed by atoms with E-state index in [9.17, 15) is 5.11 Å². The van der Waals surface area contributed by atoms with Gasteiger partial charge in [0.05, 0.1) is 0 Å². The normalized spacial score (nSPS) is 17.8. The first kappa shape index (κ1) is 13.5. The van der Waals surface area contributed by atoms with E-state index in [0.29, 0.717) is 11.8 Å². The minimum absolute atomic E-state index is 0.310. The molecule has 20 heavy (non-hydrogen) atoms. The predicted octanol–water partition coefficient (Wildman–Crippen LogP) is 4.21. The van der Waals surface area contributed by atoms with Gasteiger partial charge in [0.25, 0.3) is 0 Å². The summed E-state index contributed by atoms with van der Waals surface area (Å²) in [6, 6.07) is 13.9. The molecule has 2 nitrogen and oxygen atoms in total. The molecule has 0 saturated heterocycles. The second kappa shape index (κ2) is 5.86. The lowest BCUT2D eigenvalue weighted by Gasteiger charge is -2.26. The smallest absolute Gasteiger partial charge is 0.115 e. The molecule has 3 heteroatoms. The van der Waals surface area contributed by atoms with Crippen molar-refractivity contribution >= 4 is 11.6 Å². The van der Waals surface area contributed by atoms with E-state index in [0.717, 1.165) is 24.4 Å². The Balaban J connectivity index is 1.75. The molecule has 2 N–H and O–H groups in total. The molecule has 0 bridgehead atoms. The highest BCUT2D eigenvalue weighted by atomic mass is 35.5. The Morgan fingerprint density at radius 2 is 2.10 bits per heavy atom. The monoisotopic (exact) mass is 287 g/mol. The summed E-state index contributed by atoms with van der Waals surface area (Å²) in [5.41, 5.74) is 3.76. The topological polar surface area (TPSA) is 32.3 Å². The van der Waals surface area contributed by atoms with Gasteiger partial charge in [-0.25, -0.2) is 0 Å². The SMILES string of the molecule is Oc1ccc2c(c1)C(NCc1cccc(Cl)c1)CCC2. The Morgan fingerprint density at radius 1 is 1.20 bits per heavy atom. The van der Waals surface area contributed by atoms with Crippen LogP contribution in [-0.2, 0) is 13.0 Å². The maximum atomic E-state index is 9.68. The summed E-state index contributed by atoms with van der Waals surface area (Å²) < 4.78 is 0. The molecule has 0 aliphatic heterocycles. The maximum Gasteiger partial charge on any atom is 0.115 e. The van der Waals surface area contributed by atoms with Gasteiger partial charge in [0.15, 0.2) is 0 Å². The number of aromatic hydroxyl groups is 1. The van der Waals surface area contributed by atoms with Gasteiger partial charge in [-0.05, 0) is 60.2 Å². The Kier molecular flexibility index (Phi) is 3.95. The van der Waals surface area contributed by atoms with E-state index in [1.165, 1.54) is 23.1 Å². The Morgan fingerprint density at radius 3 is 2.95 bits per heavy atom. The zero-order chi connectivity index (χ0) is 13.9. The van der Waals surface area contributed by atoms with E-state index >= 15 is 0 Å². The average molecular weight is 288 g/mol. The third kappa shape index (κ3) is 2.97. The van der Waals surface area contributed by atoms with E-state index in [1.54, 1.807) is 6.07 Å². The van der Waals surface area contributed by atoms with Crippen LogP contribution in [0.4, 0.5) is 0 Å². The molecule has 0 heterocycles. The van der Waals surface area contributed by atoms with E-state index in [2.05, 4.69) is 11.4 Å². The van der Waals surface area contributed by atoms with Crippen molar-refractivity contribution in [3.8, 4) is 5.75 Å². The van der Waals surface area contributed by atoms with Crippen LogP contribution in [0.15, 0.2) is 42.5 Å². The molecule has 3 rings (SSSR count). The highest BCUT2D eigenvalue weighted by Gasteiger charge is 2.20. The molecule has 0 fully saturated rings. The third-order valence-corrected chi connectivity index (χ3v) is 4.12. The summed E-state index contributed by atoms with van der Waals surface area (Å²) in [5, 5.41) is 14.0. The van der Waals surface area contributed by atoms with E-state index in [1.807, 2.05) is 30.3 Å². The second-order valence-electron chi connectivity index (χ2n) is 5.34. The number of phenolic OH excluding ortho intramolecular Hbond substituents is 1. The number of fused-ring (bicyclic) bond motifs is 1. The lowest BCUT2D eigenvalue weighted by atomic mass is 9.87. The number of phenols is 1. The van der Waals surface area contributed by atoms with Crippen LogP contribution in [0, 0.1) is 0 Å². The lowest BCUT2D eigenvalue weighted by molar-refractivity contribution is 0.446. The predicted molar refractivity (Wildman–Crippen MR) is 82.1 cm³/mol. The molecule has 1 atom stereocenters. The van der Waals surface area contributed by atoms with Crippen LogP contribution in [-0.4, -0.2) is 5.11 Å². The molecular formula is C17H18ClNO. The van der Waals surface area contributed by atoms with Gasteiger partial charge in [-0.15, -0.1) is 0 Å². The first-order chi connectivity index (χ1) is 9.72. The first-order valence-electron chi connectivity index (χ1n) is 7.02. The largest absolute Gasteiger partial charge is 0.508 e. The summed E-state index contributed by atoms with van der Waals surface area (Å²) in [7, 11) is 0. The van der Waals surface area contributed by atoms with Crippen molar-refractivity contribution in [3.63, 3.8) is 0 Å². The first-order valence-corrected chi connectivity index (χ1v) is 7.40. The molecule has 0 aromatic heterocycles. The fourth-order valence-corrected chi connectivity index (χ4v) is 3.10. The van der Waals surface area contributed by atoms with Crippen molar-refractivity contribution in [1.29, 1.82) is 0 Å². The Labute approximate surface area is 124 Å². The fourth-order valence-electron chi connectivity index (χ4n) is 2.89. The number of hydrogen-bond acceptors (Lipinski definition) is 2. The van der Waals surface area contributed by atoms with Gasteiger partial charge in [-0.1, -0.05) is 29.8 Å². The number of rotatable bonds is 3. The summed E-state index contributed by atoms with van der Waals surface area (Å²) >= 11 is 6.01. The summed E-state index contributed by atoms with van der Waals surface area (Å²) in [4.78, 5) is 0. The van der Waals surface area contributed by atoms with Gasteiger partial charge < -0.3 is 10.4 Å². The highest BCUT2D eigenvalue weighted by Crippen LogP contribution is 2.32. The van der Waals surface area contributed by atoms with Crippen LogP contribution >= 0.6 is 11.6 Å². The van der Waals surface area contributed by atoms with Crippen LogP contribution in [0.2, 0.25) is 5.02 Å². The van der Waals surface area contributed by atoms with Crippen molar-refractivity contribution in [3.05, 3.63) is 64.2 Å². The van der Waals surface area contributed by atoms with E-state index < -0.39 is 0 Å². The number of benzene rings is 2. The Bertz CT molecular complexity index is 612. The van der Waals surface area contributed by atoms with Crippen LogP contribution in [0.3, 0.4) is 0 Å². The zero-order valence-corrected chi connectivity index (χ0v) is 12.0. The van der Waals surface area contributed by atoms with Crippen molar-refractivity contribution in [1.82, 2.24) is 5.32 Å². The van der Waals surface area contributed by atoms with E-state index in [4.69, 9.17) is 11.6 Å². The molecule has 0 amide bonds. The molecule has 0 saturated carbocycles. The molecule has 0 radical (unpaired) electrons. The fraction of sp³-hybridized carbons (Fsp3) is 0.294. The van der Waals surface area contributed by atoms with Gasteiger partial charge in [0.2, 0.25) is 0 Å². The second-order valence-corrected chi connectivity index (χ2v) is 5.78. The minimum Gasteiger partial charge on any atom is -0.508 e. The van der Waals surface area contributed by atoms with Gasteiger partial charge in [-0.3, -0.25) is 0 Å². The summed E-state index contributed by atoms with van der Waals surface area (Å²) in [6.07, 6.45) is 3.40. The van der Waals surface area contributed by atoms with Gasteiger partial charge in [0.1, 0.15) is 5.75 Å². The standard InChI is InChI=1S/C17H18ClNO/c18-14-5-1-3-12(9-14)11-19-17-6-2-4-13-7-8-15(20)10-16(13)17/h1,3,5,7-10,17,19-20H,2,4,6,11H2. The lowest BCUT2D eigenvalue weighted by Crippen LogP contribution is -2.24. The van der Waals surface area contributed by atoms with Crippen LogP contribution in [0.25, 0.3) is 0 Å². The molecule has 2 aromatic rings. The summed E-state index contributed by atoms with van der Waals surface area (Å²) in [6.45, 7) is 0.792. The molecular weight excluding hydrogens is 270 g/mol. The van der Waals surface area contributed by atoms with Crippen molar-refractivity contribution in [2.24, 2.45) is 0 Å². The van der Waals surface area contributed by atoms with E-state index in [-0.39, 0.29) is 0 Å². The third-order valence-electron chi connectivity index (χ3n) is 3.89. The van der Waals surface area contributed by atoms with Crippen molar-refractivity contribution in [2.75, 3.05) is 0 Å². The van der Waals surface area contributed by atoms with Gasteiger partial charge >= 0.3 is 0 Å². The highest BCUT2D eigenvalue weighted by molar-refractivity contribution is 6.30. The average Bonchev–Trinajstić information content (AvgIpc) is 2.45. The van der Waals surface area contributed by atoms with Gasteiger partial charge in [0, 0.05) is 17.6 Å². The quantitative estimate of drug-likeness (QED) is 0.886. The summed E-state index contributed by atoms with van der Waals surface area (Å²) in [5.74, 6) is 0.347. The van der Waals surface area contributed by atoms with Crippen molar-refractivity contribution in [2.45, 2.75) is 31.8 Å². The number of aryl methyl sites for hydroxylation is 1.